The van der Waals surface area contributed by atoms with Crippen LogP contribution < -0.4 is 5.32 Å². The molecule has 0 radical (unpaired) electrons. The van der Waals surface area contributed by atoms with Gasteiger partial charge >= 0.3 is 0 Å². The van der Waals surface area contributed by atoms with Gasteiger partial charge in [0.2, 0.25) is 0 Å². The number of halogens is 3. The van der Waals surface area contributed by atoms with E-state index in [2.05, 4.69) is 37.2 Å². The minimum absolute atomic E-state index is 0.295. The molecular formula is C15H14Br2FNO. The predicted molar refractivity (Wildman–Crippen MR) is 86.4 cm³/mol. The number of aryl methyl sites for hydroxylation is 1. The average molecular weight is 403 g/mol. The van der Waals surface area contributed by atoms with Crippen LogP contribution in [0.1, 0.15) is 17.2 Å². The first-order valence-electron chi connectivity index (χ1n) is 6.10. The van der Waals surface area contributed by atoms with Crippen molar-refractivity contribution in [2.75, 3.05) is 11.9 Å². The summed E-state index contributed by atoms with van der Waals surface area (Å²) < 4.78 is 14.9. The lowest BCUT2D eigenvalue weighted by molar-refractivity contribution is 0.191. The SMILES string of the molecule is Cc1cc(Br)c(NCC(O)c2cccc(F)c2)c(Br)c1. The Kier molecular flexibility index (Phi) is 5.18. The fourth-order valence-electron chi connectivity index (χ4n) is 1.90. The van der Waals surface area contributed by atoms with E-state index in [1.807, 2.05) is 19.1 Å². The van der Waals surface area contributed by atoms with Crippen LogP contribution in [0.15, 0.2) is 45.3 Å². The lowest BCUT2D eigenvalue weighted by Crippen LogP contribution is -2.13. The second-order valence-electron chi connectivity index (χ2n) is 4.56. The summed E-state index contributed by atoms with van der Waals surface area (Å²) >= 11 is 6.96. The van der Waals surface area contributed by atoms with Crippen molar-refractivity contribution in [2.45, 2.75) is 13.0 Å². The predicted octanol–water partition coefficient (Wildman–Crippen LogP) is 4.80. The summed E-state index contributed by atoms with van der Waals surface area (Å²) in [5, 5.41) is 13.2. The molecule has 0 aliphatic carbocycles. The van der Waals surface area contributed by atoms with E-state index >= 15 is 0 Å². The van der Waals surface area contributed by atoms with Crippen LogP contribution in [0, 0.1) is 12.7 Å². The Morgan fingerprint density at radius 3 is 2.45 bits per heavy atom. The van der Waals surface area contributed by atoms with E-state index in [9.17, 15) is 9.50 Å². The number of hydrogen-bond acceptors (Lipinski definition) is 2. The van der Waals surface area contributed by atoms with Gasteiger partial charge < -0.3 is 10.4 Å². The lowest BCUT2D eigenvalue weighted by atomic mass is 10.1. The van der Waals surface area contributed by atoms with Crippen molar-refractivity contribution in [2.24, 2.45) is 0 Å². The van der Waals surface area contributed by atoms with Crippen molar-refractivity contribution < 1.29 is 9.50 Å². The van der Waals surface area contributed by atoms with E-state index in [1.54, 1.807) is 12.1 Å². The van der Waals surface area contributed by atoms with E-state index in [0.29, 0.717) is 12.1 Å². The summed E-state index contributed by atoms with van der Waals surface area (Å²) in [5.74, 6) is -0.348. The van der Waals surface area contributed by atoms with Crippen molar-refractivity contribution in [3.05, 3.63) is 62.3 Å². The van der Waals surface area contributed by atoms with Gasteiger partial charge in [-0.25, -0.2) is 4.39 Å². The molecule has 0 saturated heterocycles. The zero-order chi connectivity index (χ0) is 14.7. The smallest absolute Gasteiger partial charge is 0.123 e. The molecule has 1 atom stereocenters. The maximum absolute atomic E-state index is 13.1. The standard InChI is InChI=1S/C15H14Br2FNO/c1-9-5-12(16)15(13(17)6-9)19-8-14(20)10-3-2-4-11(18)7-10/h2-7,14,19-20H,8H2,1H3. The van der Waals surface area contributed by atoms with Crippen molar-refractivity contribution in [3.8, 4) is 0 Å². The van der Waals surface area contributed by atoms with E-state index in [-0.39, 0.29) is 5.82 Å². The third-order valence-electron chi connectivity index (χ3n) is 2.89. The van der Waals surface area contributed by atoms with Gasteiger partial charge in [-0.3, -0.25) is 0 Å². The van der Waals surface area contributed by atoms with Crippen molar-refractivity contribution >= 4 is 37.5 Å². The van der Waals surface area contributed by atoms with Gasteiger partial charge in [0.05, 0.1) is 11.8 Å². The number of aliphatic hydroxyl groups is 1. The minimum atomic E-state index is -0.772. The molecule has 2 N–H and O–H groups in total. The molecule has 0 aromatic heterocycles. The Labute approximate surface area is 134 Å². The Balaban J connectivity index is 2.09. The minimum Gasteiger partial charge on any atom is -0.387 e. The second-order valence-corrected chi connectivity index (χ2v) is 6.26. The number of anilines is 1. The Bertz CT molecular complexity index is 596. The zero-order valence-corrected chi connectivity index (χ0v) is 14.0. The molecule has 0 saturated carbocycles. The molecule has 5 heteroatoms. The average Bonchev–Trinajstić information content (AvgIpc) is 2.37. The fourth-order valence-corrected chi connectivity index (χ4v) is 3.59. The van der Waals surface area contributed by atoms with Gasteiger partial charge in [0.15, 0.2) is 0 Å². The molecule has 0 amide bonds. The van der Waals surface area contributed by atoms with Gasteiger partial charge in [0.1, 0.15) is 5.82 Å². The Morgan fingerprint density at radius 2 is 1.85 bits per heavy atom. The van der Waals surface area contributed by atoms with E-state index in [4.69, 9.17) is 0 Å². The lowest BCUT2D eigenvalue weighted by Gasteiger charge is -2.16. The molecule has 106 valence electrons. The largest absolute Gasteiger partial charge is 0.387 e. The molecule has 20 heavy (non-hydrogen) atoms. The molecule has 0 spiro atoms. The van der Waals surface area contributed by atoms with E-state index < -0.39 is 6.10 Å². The van der Waals surface area contributed by atoms with Crippen molar-refractivity contribution in [3.63, 3.8) is 0 Å². The van der Waals surface area contributed by atoms with Crippen LogP contribution in [-0.4, -0.2) is 11.7 Å². The van der Waals surface area contributed by atoms with Crippen LogP contribution in [0.3, 0.4) is 0 Å². The van der Waals surface area contributed by atoms with Crippen molar-refractivity contribution in [1.29, 1.82) is 0 Å². The summed E-state index contributed by atoms with van der Waals surface area (Å²) in [7, 11) is 0. The summed E-state index contributed by atoms with van der Waals surface area (Å²) in [6, 6.07) is 9.96. The normalized spacial score (nSPS) is 12.2. The highest BCUT2D eigenvalue weighted by molar-refractivity contribution is 9.11. The molecule has 2 aromatic rings. The molecular weight excluding hydrogens is 389 g/mol. The summed E-state index contributed by atoms with van der Waals surface area (Å²) in [6.45, 7) is 2.30. The first kappa shape index (κ1) is 15.5. The Morgan fingerprint density at radius 1 is 1.20 bits per heavy atom. The highest BCUT2D eigenvalue weighted by Gasteiger charge is 2.11. The third kappa shape index (κ3) is 3.81. The van der Waals surface area contributed by atoms with Gasteiger partial charge in [-0.2, -0.15) is 0 Å². The van der Waals surface area contributed by atoms with Crippen molar-refractivity contribution in [1.82, 2.24) is 0 Å². The van der Waals surface area contributed by atoms with Crippen LogP contribution in [0.2, 0.25) is 0 Å². The number of hydrogen-bond donors (Lipinski definition) is 2. The molecule has 0 bridgehead atoms. The quantitative estimate of drug-likeness (QED) is 0.769. The first-order valence-corrected chi connectivity index (χ1v) is 7.69. The maximum atomic E-state index is 13.1. The van der Waals surface area contributed by atoms with Crippen LogP contribution in [-0.2, 0) is 0 Å². The van der Waals surface area contributed by atoms with Crippen LogP contribution >= 0.6 is 31.9 Å². The monoisotopic (exact) mass is 401 g/mol. The maximum Gasteiger partial charge on any atom is 0.123 e. The number of rotatable bonds is 4. The van der Waals surface area contributed by atoms with Crippen LogP contribution in [0.25, 0.3) is 0 Å². The highest BCUT2D eigenvalue weighted by atomic mass is 79.9. The molecule has 0 fully saturated rings. The van der Waals surface area contributed by atoms with Gasteiger partial charge in [-0.05, 0) is 74.2 Å². The summed E-state index contributed by atoms with van der Waals surface area (Å²) in [6.07, 6.45) is -0.772. The molecule has 1 unspecified atom stereocenters. The molecule has 0 heterocycles. The van der Waals surface area contributed by atoms with Crippen LogP contribution in [0.4, 0.5) is 10.1 Å². The summed E-state index contributed by atoms with van der Waals surface area (Å²) in [4.78, 5) is 0. The van der Waals surface area contributed by atoms with Gasteiger partial charge in [-0.15, -0.1) is 0 Å². The van der Waals surface area contributed by atoms with Gasteiger partial charge in [0, 0.05) is 15.5 Å². The van der Waals surface area contributed by atoms with Crippen LogP contribution in [0.5, 0.6) is 0 Å². The topological polar surface area (TPSA) is 32.3 Å². The highest BCUT2D eigenvalue weighted by Crippen LogP contribution is 2.32. The number of aliphatic hydroxyl groups excluding tert-OH is 1. The second kappa shape index (κ2) is 6.70. The zero-order valence-electron chi connectivity index (χ0n) is 10.8. The summed E-state index contributed by atoms with van der Waals surface area (Å²) in [5.41, 5.74) is 2.54. The van der Waals surface area contributed by atoms with Gasteiger partial charge in [-0.1, -0.05) is 12.1 Å². The molecule has 2 nitrogen and oxygen atoms in total. The molecule has 2 rings (SSSR count). The fraction of sp³-hybridized carbons (Fsp3) is 0.200. The molecule has 0 aliphatic rings. The Hall–Kier alpha value is -0.910. The first-order chi connectivity index (χ1) is 9.47. The van der Waals surface area contributed by atoms with E-state index in [1.165, 1.54) is 12.1 Å². The van der Waals surface area contributed by atoms with E-state index in [0.717, 1.165) is 20.2 Å². The molecule has 0 aliphatic heterocycles. The van der Waals surface area contributed by atoms with Gasteiger partial charge in [0.25, 0.3) is 0 Å². The third-order valence-corrected chi connectivity index (χ3v) is 4.14. The number of benzene rings is 2. The molecule has 2 aromatic carbocycles. The number of nitrogens with one attached hydrogen (secondary N) is 1.